The number of aromatic nitrogens is 6. The van der Waals surface area contributed by atoms with E-state index in [-0.39, 0.29) is 17.5 Å². The monoisotopic (exact) mass is 1290 g/mol. The van der Waals surface area contributed by atoms with Crippen LogP contribution in [0.4, 0.5) is 17.1 Å². The molecule has 0 saturated heterocycles. The molecule has 0 radical (unpaired) electrons. The molecule has 0 fully saturated rings. The van der Waals surface area contributed by atoms with Gasteiger partial charge in [0.1, 0.15) is 0 Å². The van der Waals surface area contributed by atoms with Gasteiger partial charge >= 0.3 is 0 Å². The second kappa shape index (κ2) is 23.1. The quantitative estimate of drug-likeness (QED) is 0.106. The summed E-state index contributed by atoms with van der Waals surface area (Å²) < 4.78 is 2.68. The Morgan fingerprint density at radius 3 is 1.24 bits per heavy atom. The first-order valence-corrected chi connectivity index (χ1v) is 34.9. The minimum Gasteiger partial charge on any atom is -0.311 e. The van der Waals surface area contributed by atoms with Gasteiger partial charge < -0.3 is 9.47 Å². The first-order chi connectivity index (χ1) is 49.4. The average Bonchev–Trinajstić information content (AvgIpc) is 1.61. The Morgan fingerprint density at radius 1 is 0.297 bits per heavy atom. The molecule has 11 aromatic carbocycles. The number of benzene rings is 11. The highest BCUT2D eigenvalue weighted by Gasteiger charge is 2.45. The Bertz CT molecular complexity index is 6040. The molecule has 8 heterocycles. The van der Waals surface area contributed by atoms with E-state index in [1.165, 1.54) is 98.4 Å². The molecule has 19 rings (SSSR count). The molecule has 8 heteroatoms. The summed E-state index contributed by atoms with van der Waals surface area (Å²) in [6, 6.07) is 91.0. The maximum absolute atomic E-state index is 5.00. The van der Waals surface area contributed by atoms with E-state index in [2.05, 4.69) is 275 Å². The highest BCUT2D eigenvalue weighted by atomic mass is 15.2. The molecule has 0 spiro atoms. The number of fused-ring (bicyclic) bond motifs is 14. The summed E-state index contributed by atoms with van der Waals surface area (Å²) >= 11 is 0. The third-order valence-electron chi connectivity index (χ3n) is 21.3. The van der Waals surface area contributed by atoms with Crippen molar-refractivity contribution in [2.24, 2.45) is 0 Å². The topological polar surface area (TPSA) is 72.6 Å². The average molecular weight is 1290 g/mol. The number of pyridine rings is 5. The van der Waals surface area contributed by atoms with E-state index >= 15 is 0 Å². The molecule has 478 valence electrons. The van der Waals surface area contributed by atoms with Crippen molar-refractivity contribution in [2.75, 3.05) is 4.90 Å². The summed E-state index contributed by atoms with van der Waals surface area (Å²) in [7, 11) is 0. The van der Waals surface area contributed by atoms with Crippen molar-refractivity contribution in [3.8, 4) is 94.7 Å². The van der Waals surface area contributed by atoms with Crippen LogP contribution in [0.5, 0.6) is 0 Å². The zero-order chi connectivity index (χ0) is 67.8. The Morgan fingerprint density at radius 2 is 0.733 bits per heavy atom. The molecular weight excluding hydrogens is 1230 g/mol. The maximum atomic E-state index is 5.00. The van der Waals surface area contributed by atoms with E-state index in [9.17, 15) is 0 Å². The van der Waals surface area contributed by atoms with Crippen molar-refractivity contribution in [2.45, 2.75) is 52.4 Å². The Kier molecular flexibility index (Phi) is 13.7. The first kappa shape index (κ1) is 59.8. The van der Waals surface area contributed by atoms with Gasteiger partial charge in [0.2, 0.25) is 0 Å². The van der Waals surface area contributed by atoms with E-state index in [0.29, 0.717) is 0 Å². The van der Waals surface area contributed by atoms with Crippen LogP contribution < -0.4 is 21.3 Å². The Labute approximate surface area is 587 Å². The smallest absolute Gasteiger partial charge is 0.252 e. The second-order valence-corrected chi connectivity index (χ2v) is 29.2. The van der Waals surface area contributed by atoms with Gasteiger partial charge in [-0.25, -0.2) is 0 Å². The van der Waals surface area contributed by atoms with Crippen LogP contribution in [-0.4, -0.2) is 36.2 Å². The van der Waals surface area contributed by atoms with Crippen LogP contribution in [0.25, 0.3) is 149 Å². The minimum absolute atomic E-state index is 0.0847. The molecule has 0 amide bonds. The number of nitrogens with zero attached hydrogens (tertiary/aromatic N) is 7. The molecule has 0 atom stereocenters. The van der Waals surface area contributed by atoms with E-state index < -0.39 is 0 Å². The Balaban J connectivity index is 1.06. The minimum atomic E-state index is -0.246. The summed E-state index contributed by atoms with van der Waals surface area (Å²) in [5.74, 6) is 0. The van der Waals surface area contributed by atoms with Crippen LogP contribution in [0.15, 0.2) is 305 Å². The zero-order valence-corrected chi connectivity index (χ0v) is 57.1. The molecule has 2 aliphatic rings. The van der Waals surface area contributed by atoms with Crippen LogP contribution in [0, 0.1) is 0 Å². The molecule has 2 aliphatic heterocycles. The van der Waals surface area contributed by atoms with E-state index in [1.54, 1.807) is 0 Å². The third kappa shape index (κ3) is 9.46. The lowest BCUT2D eigenvalue weighted by molar-refractivity contribution is 0.590. The van der Waals surface area contributed by atoms with Gasteiger partial charge in [-0.3, -0.25) is 24.9 Å². The fraction of sp³-hybridized carbons (Fsp3) is 0.0860. The molecule has 101 heavy (non-hydrogen) atoms. The normalized spacial score (nSPS) is 12.6. The Hall–Kier alpha value is -12.4. The lowest BCUT2D eigenvalue weighted by atomic mass is 9.33. The lowest BCUT2D eigenvalue weighted by Crippen LogP contribution is -2.60. The fourth-order valence-electron chi connectivity index (χ4n) is 16.8. The predicted molar refractivity (Wildman–Crippen MR) is 423 cm³/mol. The van der Waals surface area contributed by atoms with Gasteiger partial charge in [-0.2, -0.15) is 0 Å². The lowest BCUT2D eigenvalue weighted by Gasteiger charge is -2.42. The van der Waals surface area contributed by atoms with Gasteiger partial charge in [0.05, 0.1) is 5.52 Å². The molecule has 7 nitrogen and oxygen atoms in total. The van der Waals surface area contributed by atoms with Gasteiger partial charge in [0.25, 0.3) is 6.71 Å². The van der Waals surface area contributed by atoms with Crippen molar-refractivity contribution in [1.29, 1.82) is 0 Å². The molecule has 0 aliphatic carbocycles. The van der Waals surface area contributed by atoms with E-state index in [4.69, 9.17) is 24.9 Å². The predicted octanol–water partition coefficient (Wildman–Crippen LogP) is 21.8. The van der Waals surface area contributed by atoms with Crippen molar-refractivity contribution < 1.29 is 0 Å². The highest BCUT2D eigenvalue weighted by molar-refractivity contribution is 7.00. The van der Waals surface area contributed by atoms with Crippen molar-refractivity contribution >= 4 is 94.3 Å². The molecule has 0 bridgehead atoms. The number of hydrogen-bond donors (Lipinski definition) is 0. The number of anilines is 3. The van der Waals surface area contributed by atoms with Crippen molar-refractivity contribution in [3.63, 3.8) is 0 Å². The molecule has 0 saturated carbocycles. The summed E-state index contributed by atoms with van der Waals surface area (Å²) in [6.45, 7) is 13.7. The van der Waals surface area contributed by atoms with Crippen molar-refractivity contribution in [1.82, 2.24) is 29.5 Å². The van der Waals surface area contributed by atoms with Crippen LogP contribution in [-0.2, 0) is 10.8 Å². The van der Waals surface area contributed by atoms with Gasteiger partial charge in [0.15, 0.2) is 0 Å². The maximum Gasteiger partial charge on any atom is 0.252 e. The molecule has 0 N–H and O–H groups in total. The number of rotatable bonds is 9. The van der Waals surface area contributed by atoms with Gasteiger partial charge in [0, 0.05) is 162 Å². The summed E-state index contributed by atoms with van der Waals surface area (Å²) in [6.07, 6.45) is 19.4. The summed E-state index contributed by atoms with van der Waals surface area (Å²) in [5, 5.41) is 9.84. The van der Waals surface area contributed by atoms with E-state index in [1.807, 2.05) is 80.2 Å². The van der Waals surface area contributed by atoms with Gasteiger partial charge in [-0.05, 0) is 171 Å². The molecular formula is C93H68BN7. The van der Waals surface area contributed by atoms with Crippen LogP contribution >= 0.6 is 0 Å². The first-order valence-electron chi connectivity index (χ1n) is 34.9. The van der Waals surface area contributed by atoms with Crippen molar-refractivity contribution in [3.05, 3.63) is 316 Å². The number of hydrogen-bond acceptors (Lipinski definition) is 6. The second-order valence-electron chi connectivity index (χ2n) is 29.2. The largest absolute Gasteiger partial charge is 0.311 e. The van der Waals surface area contributed by atoms with Gasteiger partial charge in [-0.1, -0.05) is 211 Å². The zero-order valence-electron chi connectivity index (χ0n) is 57.1. The standard InChI is InChI=1S/C93H68BN7/c1-92(2,3)65-34-37-67(38-35-65)100-78-40-36-66(93(4,5)6)51-76(78)94-77-48-63(69-29-11-10-28-68(69)57-21-8-7-9-22-57)47-75-89-79(41-39-74-72-32-13-12-30-70(72)71-31-14-15-33-73(71)88(74)89)101(91(75)77)81-50-64(49-80(100)90(81)94)87-85(61-26-19-45-98-55-61)83(59-24-17-43-96-53-59)82(58-23-16-42-95-52-58)84(60-25-18-44-97-54-60)86(87)62-27-20-46-99-56-62/h7-56H,1-6H3. The summed E-state index contributed by atoms with van der Waals surface area (Å²) in [5.41, 5.74) is 29.2. The van der Waals surface area contributed by atoms with Crippen LogP contribution in [0.1, 0.15) is 52.7 Å². The van der Waals surface area contributed by atoms with Crippen LogP contribution in [0.2, 0.25) is 0 Å². The SMILES string of the molecule is CC(C)(C)c1ccc(N2c3ccc(C(C)(C)C)cc3B3c4c2cc(-c2c(-c5cccnc5)c(-c5cccnc5)c(-c5cccnc5)c(-c5cccnc5)c2-c2cccnc2)cc4-n2c4ccc5c6ccccc6c6ccccc6c5c4c4cc(-c5ccccc5-c5ccccc5)cc3c42)cc1. The molecule has 0 unspecified atom stereocenters. The fourth-order valence-corrected chi connectivity index (χ4v) is 16.8. The highest BCUT2D eigenvalue weighted by Crippen LogP contribution is 2.58. The molecule has 17 aromatic rings. The van der Waals surface area contributed by atoms with E-state index in [0.717, 1.165) is 95.0 Å². The molecule has 6 aromatic heterocycles. The third-order valence-corrected chi connectivity index (χ3v) is 21.3. The van der Waals surface area contributed by atoms with Gasteiger partial charge in [-0.15, -0.1) is 0 Å². The summed E-state index contributed by atoms with van der Waals surface area (Å²) in [4.78, 5) is 27.3. The van der Waals surface area contributed by atoms with Crippen LogP contribution in [0.3, 0.4) is 0 Å².